The summed E-state index contributed by atoms with van der Waals surface area (Å²) in [7, 11) is 0. The minimum absolute atomic E-state index is 0.0531. The Morgan fingerprint density at radius 1 is 1.47 bits per heavy atom. The maximum atomic E-state index is 13.3. The summed E-state index contributed by atoms with van der Waals surface area (Å²) in [6, 6.07) is 2.21. The third kappa shape index (κ3) is 1.44. The van der Waals surface area contributed by atoms with Gasteiger partial charge in [0.25, 0.3) is 0 Å². The van der Waals surface area contributed by atoms with E-state index in [1.54, 1.807) is 0 Å². The van der Waals surface area contributed by atoms with Crippen molar-refractivity contribution in [1.82, 2.24) is 0 Å². The third-order valence-corrected chi connectivity index (χ3v) is 3.58. The Morgan fingerprint density at radius 3 is 2.67 bits per heavy atom. The van der Waals surface area contributed by atoms with Crippen LogP contribution >= 0.6 is 22.9 Å². The Balaban J connectivity index is 2.93. The molecule has 1 aromatic carbocycles. The van der Waals surface area contributed by atoms with Crippen molar-refractivity contribution in [3.8, 4) is 5.75 Å². The molecule has 0 spiro atoms. The van der Waals surface area contributed by atoms with Crippen LogP contribution in [0.2, 0.25) is 5.02 Å². The topological polar surface area (TPSA) is 57.5 Å². The lowest BCUT2D eigenvalue weighted by molar-refractivity contribution is 0.0702. The van der Waals surface area contributed by atoms with Gasteiger partial charge in [0.1, 0.15) is 16.4 Å². The van der Waals surface area contributed by atoms with Crippen molar-refractivity contribution in [2.75, 3.05) is 0 Å². The van der Waals surface area contributed by atoms with Crippen molar-refractivity contribution in [3.63, 3.8) is 0 Å². The molecule has 0 amide bonds. The molecular weight excluding hydrogens is 243 g/mol. The Kier molecular flexibility index (Phi) is 2.28. The highest BCUT2D eigenvalue weighted by Crippen LogP contribution is 2.41. The summed E-state index contributed by atoms with van der Waals surface area (Å²) in [5.74, 6) is -2.05. The first-order chi connectivity index (χ1) is 7.02. The lowest BCUT2D eigenvalue weighted by Gasteiger charge is -1.95. The van der Waals surface area contributed by atoms with Gasteiger partial charge >= 0.3 is 5.97 Å². The summed E-state index contributed by atoms with van der Waals surface area (Å²) < 4.78 is 13.3. The van der Waals surface area contributed by atoms with Crippen LogP contribution in [0.25, 0.3) is 10.1 Å². The van der Waals surface area contributed by atoms with Gasteiger partial charge in [-0.25, -0.2) is 9.18 Å². The van der Waals surface area contributed by atoms with E-state index in [9.17, 15) is 14.3 Å². The molecule has 2 rings (SSSR count). The number of phenolic OH excluding ortho intramolecular Hbond substituents is 1. The zero-order valence-electron chi connectivity index (χ0n) is 7.12. The molecule has 0 fully saturated rings. The molecule has 0 radical (unpaired) electrons. The van der Waals surface area contributed by atoms with Crippen LogP contribution in [0.5, 0.6) is 5.75 Å². The molecule has 0 aliphatic rings. The zero-order chi connectivity index (χ0) is 11.2. The molecule has 0 unspecified atom stereocenters. The van der Waals surface area contributed by atoms with Crippen LogP contribution in [0.15, 0.2) is 12.1 Å². The molecule has 2 N–H and O–H groups in total. The van der Waals surface area contributed by atoms with Crippen LogP contribution in [0.3, 0.4) is 0 Å². The minimum Gasteiger partial charge on any atom is -0.507 e. The lowest BCUT2D eigenvalue weighted by Crippen LogP contribution is -1.91. The Hall–Kier alpha value is -1.33. The average molecular weight is 247 g/mol. The summed E-state index contributed by atoms with van der Waals surface area (Å²) in [6.07, 6.45) is 0. The van der Waals surface area contributed by atoms with E-state index < -0.39 is 11.8 Å². The first-order valence-corrected chi connectivity index (χ1v) is 5.04. The molecule has 0 atom stereocenters. The van der Waals surface area contributed by atoms with Crippen molar-refractivity contribution in [3.05, 3.63) is 27.8 Å². The van der Waals surface area contributed by atoms with Gasteiger partial charge < -0.3 is 10.2 Å². The van der Waals surface area contributed by atoms with Gasteiger partial charge in [-0.1, -0.05) is 11.6 Å². The summed E-state index contributed by atoms with van der Waals surface area (Å²) in [4.78, 5) is 10.6. The number of thiophene rings is 1. The van der Waals surface area contributed by atoms with Crippen LogP contribution in [-0.4, -0.2) is 16.2 Å². The quantitative estimate of drug-likeness (QED) is 0.813. The highest BCUT2D eigenvalue weighted by atomic mass is 35.5. The van der Waals surface area contributed by atoms with Crippen LogP contribution < -0.4 is 0 Å². The Morgan fingerprint density at radius 2 is 2.13 bits per heavy atom. The SMILES string of the molecule is O=C(O)c1sc2c(F)ccc(O)c2c1Cl. The molecular formula is C9H4ClFO3S. The average Bonchev–Trinajstić information content (AvgIpc) is 2.51. The van der Waals surface area contributed by atoms with Gasteiger partial charge in [-0.2, -0.15) is 0 Å². The predicted octanol–water partition coefficient (Wildman–Crippen LogP) is 3.10. The number of rotatable bonds is 1. The van der Waals surface area contributed by atoms with Gasteiger partial charge in [-0.05, 0) is 12.1 Å². The second-order valence-electron chi connectivity index (χ2n) is 2.82. The summed E-state index contributed by atoms with van der Waals surface area (Å²) in [5.41, 5.74) is 0. The molecule has 0 bridgehead atoms. The number of fused-ring (bicyclic) bond motifs is 1. The fraction of sp³-hybridized carbons (Fsp3) is 0. The van der Waals surface area contributed by atoms with E-state index in [4.69, 9.17) is 16.7 Å². The van der Waals surface area contributed by atoms with Gasteiger partial charge in [-0.3, -0.25) is 0 Å². The highest BCUT2D eigenvalue weighted by molar-refractivity contribution is 7.21. The summed E-state index contributed by atoms with van der Waals surface area (Å²) in [5, 5.41) is 18.1. The van der Waals surface area contributed by atoms with Crippen LogP contribution in [-0.2, 0) is 0 Å². The molecule has 15 heavy (non-hydrogen) atoms. The van der Waals surface area contributed by atoms with Crippen molar-refractivity contribution in [2.24, 2.45) is 0 Å². The summed E-state index contributed by atoms with van der Waals surface area (Å²) in [6.45, 7) is 0. The maximum Gasteiger partial charge on any atom is 0.347 e. The van der Waals surface area contributed by atoms with E-state index in [1.807, 2.05) is 0 Å². The second-order valence-corrected chi connectivity index (χ2v) is 4.22. The number of carboxylic acids is 1. The molecule has 78 valence electrons. The Bertz CT molecular complexity index is 564. The highest BCUT2D eigenvalue weighted by Gasteiger charge is 2.20. The number of phenols is 1. The van der Waals surface area contributed by atoms with Crippen molar-refractivity contribution in [1.29, 1.82) is 0 Å². The van der Waals surface area contributed by atoms with E-state index in [0.717, 1.165) is 12.1 Å². The number of aromatic hydroxyl groups is 1. The minimum atomic E-state index is -1.24. The number of halogens is 2. The molecule has 6 heteroatoms. The van der Waals surface area contributed by atoms with Crippen LogP contribution in [0.4, 0.5) is 4.39 Å². The first kappa shape index (κ1) is 10.2. The van der Waals surface area contributed by atoms with E-state index in [0.29, 0.717) is 11.3 Å². The fourth-order valence-corrected chi connectivity index (χ4v) is 2.66. The largest absolute Gasteiger partial charge is 0.507 e. The molecule has 1 aromatic heterocycles. The van der Waals surface area contributed by atoms with Crippen molar-refractivity contribution >= 4 is 39.0 Å². The third-order valence-electron chi connectivity index (χ3n) is 1.90. The number of aromatic carboxylic acids is 1. The smallest absolute Gasteiger partial charge is 0.347 e. The fourth-order valence-electron chi connectivity index (χ4n) is 1.26. The predicted molar refractivity (Wildman–Crippen MR) is 55.4 cm³/mol. The monoisotopic (exact) mass is 246 g/mol. The normalized spacial score (nSPS) is 10.8. The van der Waals surface area contributed by atoms with E-state index in [1.165, 1.54) is 0 Å². The molecule has 0 saturated carbocycles. The Labute approximate surface area is 92.3 Å². The van der Waals surface area contributed by atoms with Gasteiger partial charge in [0.2, 0.25) is 0 Å². The van der Waals surface area contributed by atoms with Gasteiger partial charge in [0, 0.05) is 0 Å². The molecule has 3 nitrogen and oxygen atoms in total. The number of carboxylic acid groups (broad SMARTS) is 1. The number of carbonyl (C=O) groups is 1. The molecule has 0 saturated heterocycles. The maximum absolute atomic E-state index is 13.3. The number of benzene rings is 1. The second kappa shape index (κ2) is 3.36. The van der Waals surface area contributed by atoms with Crippen molar-refractivity contribution < 1.29 is 19.4 Å². The molecule has 0 aliphatic carbocycles. The van der Waals surface area contributed by atoms with Crippen LogP contribution in [0, 0.1) is 5.82 Å². The lowest BCUT2D eigenvalue weighted by atomic mass is 10.2. The number of hydrogen-bond donors (Lipinski definition) is 2. The standard InChI is InChI=1S/C9H4ClFO3S/c10-6-5-4(12)2-1-3(11)7(5)15-8(6)9(13)14/h1-2,12H,(H,13,14). The van der Waals surface area contributed by atoms with Crippen LogP contribution in [0.1, 0.15) is 9.67 Å². The molecule has 0 aliphatic heterocycles. The van der Waals surface area contributed by atoms with Gasteiger partial charge in [0.05, 0.1) is 15.1 Å². The van der Waals surface area contributed by atoms with E-state index in [-0.39, 0.29) is 25.7 Å². The van der Waals surface area contributed by atoms with Gasteiger partial charge in [-0.15, -0.1) is 11.3 Å². The first-order valence-electron chi connectivity index (χ1n) is 3.85. The van der Waals surface area contributed by atoms with Gasteiger partial charge in [0.15, 0.2) is 0 Å². The molecule has 1 heterocycles. The van der Waals surface area contributed by atoms with Crippen molar-refractivity contribution in [2.45, 2.75) is 0 Å². The molecule has 2 aromatic rings. The number of hydrogen-bond acceptors (Lipinski definition) is 3. The zero-order valence-corrected chi connectivity index (χ0v) is 8.69. The van der Waals surface area contributed by atoms with E-state index >= 15 is 0 Å². The summed E-state index contributed by atoms with van der Waals surface area (Å²) >= 11 is 6.44. The van der Waals surface area contributed by atoms with E-state index in [2.05, 4.69) is 0 Å².